The average Bonchev–Trinajstić information content (AvgIpc) is 2.80. The van der Waals surface area contributed by atoms with E-state index in [2.05, 4.69) is 22.1 Å². The number of rotatable bonds is 5. The molecule has 1 aliphatic rings. The van der Waals surface area contributed by atoms with E-state index >= 15 is 0 Å². The Bertz CT molecular complexity index is 1280. The third kappa shape index (κ3) is 4.95. The normalized spacial score (nSPS) is 16.8. The number of hydrogen-bond acceptors (Lipinski definition) is 6. The van der Waals surface area contributed by atoms with Crippen LogP contribution in [0, 0.1) is 5.82 Å². The second-order valence-electron chi connectivity index (χ2n) is 8.10. The summed E-state index contributed by atoms with van der Waals surface area (Å²) < 4.78 is 19.0. The zero-order chi connectivity index (χ0) is 22.8. The summed E-state index contributed by atoms with van der Waals surface area (Å²) in [6.45, 7) is 5.02. The van der Waals surface area contributed by atoms with Gasteiger partial charge in [-0.2, -0.15) is 0 Å². The zero-order valence-corrected chi connectivity index (χ0v) is 18.9. The molecule has 4 aromatic rings. The number of ether oxygens (including phenoxy) is 1. The minimum Gasteiger partial charge on any atom is -0.376 e. The van der Waals surface area contributed by atoms with Crippen molar-refractivity contribution in [1.29, 1.82) is 0 Å². The van der Waals surface area contributed by atoms with E-state index in [1.165, 1.54) is 12.1 Å². The number of aromatic nitrogens is 3. The number of anilines is 2. The van der Waals surface area contributed by atoms with E-state index < -0.39 is 0 Å². The van der Waals surface area contributed by atoms with Gasteiger partial charge in [-0.15, -0.1) is 0 Å². The van der Waals surface area contributed by atoms with Crippen molar-refractivity contribution in [2.75, 3.05) is 25.0 Å². The summed E-state index contributed by atoms with van der Waals surface area (Å²) >= 11 is 6.38. The molecular weight excluding hydrogens is 441 g/mol. The molecule has 8 heteroatoms. The van der Waals surface area contributed by atoms with Crippen molar-refractivity contribution in [1.82, 2.24) is 19.9 Å². The van der Waals surface area contributed by atoms with Crippen LogP contribution in [0.2, 0.25) is 5.02 Å². The smallest absolute Gasteiger partial charge is 0.145 e. The molecule has 1 N–H and O–H groups in total. The Labute approximate surface area is 196 Å². The van der Waals surface area contributed by atoms with Crippen molar-refractivity contribution in [2.45, 2.75) is 19.6 Å². The minimum absolute atomic E-state index is 0.175. The summed E-state index contributed by atoms with van der Waals surface area (Å²) in [6.07, 6.45) is 1.90. The van der Waals surface area contributed by atoms with Gasteiger partial charge in [0.15, 0.2) is 0 Å². The number of nitrogens with one attached hydrogen (secondary N) is 1. The first-order valence-electron chi connectivity index (χ1n) is 10.8. The van der Waals surface area contributed by atoms with E-state index in [1.807, 2.05) is 24.3 Å². The molecule has 33 heavy (non-hydrogen) atoms. The molecule has 0 spiro atoms. The number of nitrogens with zero attached hydrogens (tertiary/aromatic N) is 4. The summed E-state index contributed by atoms with van der Waals surface area (Å²) in [4.78, 5) is 16.4. The van der Waals surface area contributed by atoms with Crippen molar-refractivity contribution in [2.24, 2.45) is 0 Å². The highest BCUT2D eigenvalue weighted by molar-refractivity contribution is 6.33. The highest BCUT2D eigenvalue weighted by Gasteiger charge is 2.19. The molecule has 1 atom stereocenters. The molecule has 1 aliphatic heterocycles. The Balaban J connectivity index is 1.56. The number of hydrogen-bond donors (Lipinski definition) is 1. The second kappa shape index (κ2) is 9.39. The average molecular weight is 464 g/mol. The Kier molecular flexibility index (Phi) is 6.17. The highest BCUT2D eigenvalue weighted by Crippen LogP contribution is 2.31. The van der Waals surface area contributed by atoms with Crippen LogP contribution < -0.4 is 5.32 Å². The van der Waals surface area contributed by atoms with Crippen molar-refractivity contribution in [3.05, 3.63) is 77.5 Å². The third-order valence-electron chi connectivity index (χ3n) is 5.57. The molecule has 2 aromatic carbocycles. The van der Waals surface area contributed by atoms with Crippen LogP contribution in [0.3, 0.4) is 0 Å². The molecule has 0 radical (unpaired) electrons. The molecule has 0 aliphatic carbocycles. The van der Waals surface area contributed by atoms with Gasteiger partial charge in [-0.1, -0.05) is 17.7 Å². The predicted octanol–water partition coefficient (Wildman–Crippen LogP) is 5.45. The third-order valence-corrected chi connectivity index (χ3v) is 5.88. The van der Waals surface area contributed by atoms with E-state index in [-0.39, 0.29) is 11.9 Å². The van der Waals surface area contributed by atoms with Crippen LogP contribution in [0.5, 0.6) is 0 Å². The summed E-state index contributed by atoms with van der Waals surface area (Å²) in [5.41, 5.74) is 3.12. The van der Waals surface area contributed by atoms with Gasteiger partial charge in [-0.05, 0) is 55.5 Å². The quantitative estimate of drug-likeness (QED) is 0.424. The summed E-state index contributed by atoms with van der Waals surface area (Å²) in [6, 6.07) is 15.7. The number of halogens is 2. The van der Waals surface area contributed by atoms with Crippen molar-refractivity contribution in [3.8, 4) is 11.3 Å². The monoisotopic (exact) mass is 463 g/mol. The summed E-state index contributed by atoms with van der Waals surface area (Å²) in [5, 5.41) is 4.77. The van der Waals surface area contributed by atoms with Crippen LogP contribution in [-0.2, 0) is 11.3 Å². The maximum atomic E-state index is 13.4. The molecule has 0 bridgehead atoms. The first kappa shape index (κ1) is 21.7. The molecule has 3 heterocycles. The zero-order valence-electron chi connectivity index (χ0n) is 18.1. The lowest BCUT2D eigenvalue weighted by molar-refractivity contribution is -0.0219. The molecule has 1 saturated heterocycles. The lowest BCUT2D eigenvalue weighted by atomic mass is 10.1. The number of morpholine rings is 1. The molecule has 0 amide bonds. The van der Waals surface area contributed by atoms with Gasteiger partial charge in [0.05, 0.1) is 35.5 Å². The lowest BCUT2D eigenvalue weighted by Crippen LogP contribution is -2.40. The minimum atomic E-state index is -0.285. The maximum Gasteiger partial charge on any atom is 0.145 e. The van der Waals surface area contributed by atoms with Crippen LogP contribution in [0.25, 0.3) is 22.2 Å². The number of fused-ring (bicyclic) bond motifs is 1. The van der Waals surface area contributed by atoms with E-state index in [1.54, 1.807) is 24.4 Å². The van der Waals surface area contributed by atoms with Gasteiger partial charge in [0.1, 0.15) is 17.5 Å². The Hall–Kier alpha value is -3.13. The number of pyridine rings is 1. The molecule has 2 aromatic heterocycles. The van der Waals surface area contributed by atoms with Gasteiger partial charge in [0.25, 0.3) is 0 Å². The summed E-state index contributed by atoms with van der Waals surface area (Å²) in [7, 11) is 0. The van der Waals surface area contributed by atoms with Crippen molar-refractivity contribution >= 4 is 34.0 Å². The molecule has 168 valence electrons. The first-order chi connectivity index (χ1) is 16.0. The predicted molar refractivity (Wildman–Crippen MR) is 128 cm³/mol. The van der Waals surface area contributed by atoms with Crippen LogP contribution in [0.15, 0.2) is 60.8 Å². The highest BCUT2D eigenvalue weighted by atomic mass is 35.5. The molecule has 6 nitrogen and oxygen atoms in total. The van der Waals surface area contributed by atoms with E-state index in [0.717, 1.165) is 35.2 Å². The van der Waals surface area contributed by atoms with Gasteiger partial charge in [-0.25, -0.2) is 14.4 Å². The molecule has 1 fully saturated rings. The molecular formula is C25H23ClFN5O. The molecule has 0 saturated carbocycles. The van der Waals surface area contributed by atoms with E-state index in [4.69, 9.17) is 26.3 Å². The van der Waals surface area contributed by atoms with Gasteiger partial charge < -0.3 is 10.1 Å². The molecule has 5 rings (SSSR count). The van der Waals surface area contributed by atoms with Crippen molar-refractivity contribution < 1.29 is 9.13 Å². The van der Waals surface area contributed by atoms with Gasteiger partial charge in [0.2, 0.25) is 0 Å². The lowest BCUT2D eigenvalue weighted by Gasteiger charge is -2.30. The number of benzene rings is 2. The summed E-state index contributed by atoms with van der Waals surface area (Å²) in [5.74, 6) is 1.08. The first-order valence-corrected chi connectivity index (χ1v) is 11.2. The Morgan fingerprint density at radius 1 is 1.15 bits per heavy atom. The van der Waals surface area contributed by atoms with Gasteiger partial charge >= 0.3 is 0 Å². The topological polar surface area (TPSA) is 63.2 Å². The van der Waals surface area contributed by atoms with Crippen LogP contribution in [0.1, 0.15) is 12.7 Å². The van der Waals surface area contributed by atoms with E-state index in [0.29, 0.717) is 35.5 Å². The Morgan fingerprint density at radius 2 is 2.00 bits per heavy atom. The fourth-order valence-corrected chi connectivity index (χ4v) is 4.22. The van der Waals surface area contributed by atoms with Gasteiger partial charge in [-0.3, -0.25) is 9.88 Å². The van der Waals surface area contributed by atoms with Gasteiger partial charge in [0, 0.05) is 35.9 Å². The fourth-order valence-electron chi connectivity index (χ4n) is 3.99. The Morgan fingerprint density at radius 3 is 2.79 bits per heavy atom. The van der Waals surface area contributed by atoms with Crippen LogP contribution in [-0.4, -0.2) is 45.7 Å². The standard InChI is InChI=1S/C25H23ClFN5O/c1-16-14-32(11-12-33-16)15-23-30-22-13-17(24-21(26)3-2-10-28-24)4-9-20(22)25(31-23)29-19-7-5-18(27)6-8-19/h2-10,13,16H,11-12,14-15H2,1H3,(H,29,30,31)/t16-/m1/s1. The SMILES string of the molecule is C[C@@H]1CN(Cc2nc(Nc3ccc(F)cc3)c3ccc(-c4ncccc4Cl)cc3n2)CCO1. The van der Waals surface area contributed by atoms with Crippen molar-refractivity contribution in [3.63, 3.8) is 0 Å². The molecule has 0 unspecified atom stereocenters. The van der Waals surface area contributed by atoms with Crippen LogP contribution in [0.4, 0.5) is 15.9 Å². The second-order valence-corrected chi connectivity index (χ2v) is 8.51. The maximum absolute atomic E-state index is 13.4. The van der Waals surface area contributed by atoms with Crippen LogP contribution >= 0.6 is 11.6 Å². The largest absolute Gasteiger partial charge is 0.376 e. The fraction of sp³-hybridized carbons (Fsp3) is 0.240. The van der Waals surface area contributed by atoms with E-state index in [9.17, 15) is 4.39 Å².